The van der Waals surface area contributed by atoms with Crippen molar-refractivity contribution < 1.29 is 24.3 Å². The lowest BCUT2D eigenvalue weighted by Gasteiger charge is -2.37. The van der Waals surface area contributed by atoms with Crippen LogP contribution in [-0.2, 0) is 19.6 Å². The van der Waals surface area contributed by atoms with Crippen LogP contribution in [0.4, 0.5) is 4.79 Å². The van der Waals surface area contributed by atoms with Gasteiger partial charge in [0.25, 0.3) is 0 Å². The van der Waals surface area contributed by atoms with Crippen LogP contribution in [0.25, 0.3) is 0 Å². The van der Waals surface area contributed by atoms with Crippen molar-refractivity contribution in [1.82, 2.24) is 0 Å². The molecule has 0 aromatic carbocycles. The highest BCUT2D eigenvalue weighted by atomic mass is 17.5. The topological polar surface area (TPSA) is 54.0 Å². The highest BCUT2D eigenvalue weighted by Gasteiger charge is 2.34. The van der Waals surface area contributed by atoms with Crippen LogP contribution in [0.5, 0.6) is 0 Å². The summed E-state index contributed by atoms with van der Waals surface area (Å²) in [5.74, 6) is 0.359. The van der Waals surface area contributed by atoms with Crippen LogP contribution in [0, 0.1) is 16.7 Å². The third kappa shape index (κ3) is 13.4. The van der Waals surface area contributed by atoms with Gasteiger partial charge in [-0.15, -0.1) is 0 Å². The van der Waals surface area contributed by atoms with Gasteiger partial charge in [0, 0.05) is 0 Å². The first-order valence-electron chi connectivity index (χ1n) is 9.99. The number of carbonyl (C=O) groups excluding carboxylic acids is 1. The Labute approximate surface area is 161 Å². The predicted octanol–water partition coefficient (Wildman–Crippen LogP) is 6.85. The molecule has 0 aliphatic heterocycles. The Balaban J connectivity index is 4.21. The Hall–Kier alpha value is -0.810. The molecule has 0 aliphatic carbocycles. The SMILES string of the molecule is CCCCC(CC)COC(=O)OOOC(C)(C)CC(C)(C)CC(C)(C)C. The van der Waals surface area contributed by atoms with Gasteiger partial charge in [0.05, 0.1) is 6.61 Å². The molecule has 0 amide bonds. The van der Waals surface area contributed by atoms with Crippen molar-refractivity contribution in [1.29, 1.82) is 0 Å². The molecule has 1 atom stereocenters. The minimum absolute atomic E-state index is 0.0687. The summed E-state index contributed by atoms with van der Waals surface area (Å²) < 4.78 is 5.11. The fourth-order valence-electron chi connectivity index (χ4n) is 3.93. The normalized spacial score (nSPS) is 14.2. The Bertz CT molecular complexity index is 396. The Morgan fingerprint density at radius 3 is 2.08 bits per heavy atom. The van der Waals surface area contributed by atoms with E-state index in [9.17, 15) is 4.79 Å². The molecule has 0 spiro atoms. The van der Waals surface area contributed by atoms with Crippen LogP contribution in [0.2, 0.25) is 0 Å². The molecule has 26 heavy (non-hydrogen) atoms. The van der Waals surface area contributed by atoms with Crippen LogP contribution in [-0.4, -0.2) is 18.4 Å². The van der Waals surface area contributed by atoms with E-state index in [1.165, 1.54) is 0 Å². The number of hydrogen-bond donors (Lipinski definition) is 0. The fraction of sp³-hybridized carbons (Fsp3) is 0.952. The number of rotatable bonds is 12. The highest BCUT2D eigenvalue weighted by Crippen LogP contribution is 2.39. The van der Waals surface area contributed by atoms with E-state index in [0.717, 1.165) is 38.5 Å². The minimum atomic E-state index is -0.857. The lowest BCUT2D eigenvalue weighted by atomic mass is 9.71. The van der Waals surface area contributed by atoms with E-state index in [1.54, 1.807) is 0 Å². The molecule has 5 heteroatoms. The average molecular weight is 375 g/mol. The second kappa shape index (κ2) is 11.1. The largest absolute Gasteiger partial charge is 0.542 e. The molecular formula is C21H42O5. The van der Waals surface area contributed by atoms with Crippen molar-refractivity contribution in [3.63, 3.8) is 0 Å². The molecular weight excluding hydrogens is 332 g/mol. The second-order valence-corrected chi connectivity index (χ2v) is 10.1. The van der Waals surface area contributed by atoms with Gasteiger partial charge in [0.15, 0.2) is 0 Å². The summed E-state index contributed by atoms with van der Waals surface area (Å²) in [5, 5.41) is 4.71. The molecule has 0 saturated carbocycles. The lowest BCUT2D eigenvalue weighted by molar-refractivity contribution is -0.518. The van der Waals surface area contributed by atoms with Gasteiger partial charge in [-0.3, -0.25) is 0 Å². The molecule has 5 nitrogen and oxygen atoms in total. The molecule has 156 valence electrons. The molecule has 0 saturated heterocycles. The van der Waals surface area contributed by atoms with Gasteiger partial charge in [0.2, 0.25) is 0 Å². The van der Waals surface area contributed by atoms with Crippen molar-refractivity contribution in [2.24, 2.45) is 16.7 Å². The number of hydrogen-bond acceptors (Lipinski definition) is 5. The predicted molar refractivity (Wildman–Crippen MR) is 104 cm³/mol. The first-order chi connectivity index (χ1) is 11.8. The molecule has 0 bridgehead atoms. The average Bonchev–Trinajstić information content (AvgIpc) is 2.43. The molecule has 0 heterocycles. The van der Waals surface area contributed by atoms with Crippen molar-refractivity contribution in [2.45, 2.75) is 106 Å². The molecule has 0 aliphatic rings. The summed E-state index contributed by atoms with van der Waals surface area (Å²) in [7, 11) is 0. The van der Waals surface area contributed by atoms with Crippen LogP contribution < -0.4 is 0 Å². The van der Waals surface area contributed by atoms with Gasteiger partial charge in [-0.05, 0) is 54.9 Å². The number of carbonyl (C=O) groups is 1. The number of ether oxygens (including phenoxy) is 1. The van der Waals surface area contributed by atoms with Crippen LogP contribution in [0.3, 0.4) is 0 Å². The summed E-state index contributed by atoms with van der Waals surface area (Å²) in [6, 6.07) is 0. The molecule has 0 aromatic heterocycles. The zero-order chi connectivity index (χ0) is 20.4. The standard InChI is InChI=1S/C21H42O5/c1-10-12-13-17(11-2)14-23-18(22)24-26-25-21(8,9)16-20(6,7)15-19(3,4)5/h17H,10-16H2,1-9H3. The summed E-state index contributed by atoms with van der Waals surface area (Å²) in [6.07, 6.45) is 5.25. The van der Waals surface area contributed by atoms with Gasteiger partial charge in [-0.2, -0.15) is 4.89 Å². The van der Waals surface area contributed by atoms with Crippen molar-refractivity contribution in [2.75, 3.05) is 6.61 Å². The molecule has 0 aromatic rings. The Morgan fingerprint density at radius 2 is 1.58 bits per heavy atom. The Morgan fingerprint density at radius 1 is 0.962 bits per heavy atom. The van der Waals surface area contributed by atoms with E-state index in [-0.39, 0.29) is 10.8 Å². The zero-order valence-electron chi connectivity index (χ0n) is 18.6. The van der Waals surface area contributed by atoms with Crippen molar-refractivity contribution >= 4 is 6.16 Å². The van der Waals surface area contributed by atoms with E-state index in [0.29, 0.717) is 12.5 Å². The van der Waals surface area contributed by atoms with E-state index < -0.39 is 11.8 Å². The second-order valence-electron chi connectivity index (χ2n) is 10.1. The van der Waals surface area contributed by atoms with E-state index in [2.05, 4.69) is 53.4 Å². The van der Waals surface area contributed by atoms with Crippen LogP contribution in [0.15, 0.2) is 0 Å². The zero-order valence-corrected chi connectivity index (χ0v) is 18.6. The molecule has 0 N–H and O–H groups in total. The van der Waals surface area contributed by atoms with E-state index in [4.69, 9.17) is 14.7 Å². The van der Waals surface area contributed by atoms with Crippen molar-refractivity contribution in [3.05, 3.63) is 0 Å². The maximum Gasteiger partial charge on any atom is 0.542 e. The molecule has 0 radical (unpaired) electrons. The monoisotopic (exact) mass is 374 g/mol. The first kappa shape index (κ1) is 25.2. The third-order valence-electron chi connectivity index (χ3n) is 4.25. The summed E-state index contributed by atoms with van der Waals surface area (Å²) in [6.45, 7) is 19.5. The summed E-state index contributed by atoms with van der Waals surface area (Å²) >= 11 is 0. The quantitative estimate of drug-likeness (QED) is 0.212. The van der Waals surface area contributed by atoms with Gasteiger partial charge < -0.3 is 4.74 Å². The van der Waals surface area contributed by atoms with Gasteiger partial charge in [-0.25, -0.2) is 9.68 Å². The highest BCUT2D eigenvalue weighted by molar-refractivity contribution is 5.58. The maximum absolute atomic E-state index is 11.6. The minimum Gasteiger partial charge on any atom is -0.432 e. The van der Waals surface area contributed by atoms with Gasteiger partial charge in [0.1, 0.15) is 5.60 Å². The first-order valence-corrected chi connectivity index (χ1v) is 9.99. The third-order valence-corrected chi connectivity index (χ3v) is 4.25. The van der Waals surface area contributed by atoms with E-state index >= 15 is 0 Å². The smallest absolute Gasteiger partial charge is 0.432 e. The molecule has 0 fully saturated rings. The fourth-order valence-corrected chi connectivity index (χ4v) is 3.93. The summed E-state index contributed by atoms with van der Waals surface area (Å²) in [4.78, 5) is 21.6. The Kier molecular flexibility index (Phi) is 10.8. The molecule has 1 unspecified atom stereocenters. The van der Waals surface area contributed by atoms with Crippen molar-refractivity contribution in [3.8, 4) is 0 Å². The summed E-state index contributed by atoms with van der Waals surface area (Å²) in [5.41, 5.74) is -0.282. The van der Waals surface area contributed by atoms with Crippen LogP contribution in [0.1, 0.15) is 101 Å². The van der Waals surface area contributed by atoms with E-state index in [1.807, 2.05) is 13.8 Å². The molecule has 0 rings (SSSR count). The number of unbranched alkanes of at least 4 members (excludes halogenated alkanes) is 1. The lowest BCUT2D eigenvalue weighted by Crippen LogP contribution is -2.34. The van der Waals surface area contributed by atoms with Crippen LogP contribution >= 0.6 is 0 Å². The maximum atomic E-state index is 11.6. The van der Waals surface area contributed by atoms with Gasteiger partial charge >= 0.3 is 6.16 Å². The van der Waals surface area contributed by atoms with Gasteiger partial charge in [-0.1, -0.05) is 67.7 Å².